The number of hydrogen-bond acceptors (Lipinski definition) is 7. The van der Waals surface area contributed by atoms with E-state index in [0.29, 0.717) is 41.1 Å². The zero-order valence-corrected chi connectivity index (χ0v) is 27.1. The van der Waals surface area contributed by atoms with Crippen molar-refractivity contribution in [1.82, 2.24) is 18.4 Å². The number of ether oxygens (including phenoxy) is 2. The van der Waals surface area contributed by atoms with Crippen molar-refractivity contribution in [3.8, 4) is 17.0 Å². The molecule has 0 spiro atoms. The first-order valence-corrected chi connectivity index (χ1v) is 19.8. The second kappa shape index (κ2) is 12.1. The molecule has 2 aliphatic rings. The number of hydrogen-bond donors (Lipinski definition) is 0. The van der Waals surface area contributed by atoms with Crippen LogP contribution in [0.15, 0.2) is 39.9 Å². The van der Waals surface area contributed by atoms with Crippen molar-refractivity contribution in [3.63, 3.8) is 0 Å². The summed E-state index contributed by atoms with van der Waals surface area (Å²) in [6.45, 7) is 13.4. The summed E-state index contributed by atoms with van der Waals surface area (Å²) in [5.74, 6) is 0.710. The summed E-state index contributed by atoms with van der Waals surface area (Å²) in [6, 6.07) is 10.9. The van der Waals surface area contributed by atoms with Crippen molar-refractivity contribution >= 4 is 40.7 Å². The molecule has 0 saturated carbocycles. The maximum Gasteiger partial charge on any atom is 0.279 e. The van der Waals surface area contributed by atoms with Crippen molar-refractivity contribution in [3.05, 3.63) is 56.6 Å². The first kappa shape index (κ1) is 29.3. The number of rotatable bonds is 7. The topological polar surface area (TPSA) is 78.6 Å². The van der Waals surface area contributed by atoms with Crippen LogP contribution in [0.2, 0.25) is 25.7 Å². The molecule has 42 heavy (non-hydrogen) atoms. The monoisotopic (exact) mass is 606 g/mol. The molecule has 10 heteroatoms. The molecule has 1 fully saturated rings. The highest BCUT2D eigenvalue weighted by molar-refractivity contribution is 7.14. The third-order valence-corrected chi connectivity index (χ3v) is 11.5. The molecule has 0 radical (unpaired) electrons. The molecule has 0 amide bonds. The largest absolute Gasteiger partial charge is 0.491 e. The van der Waals surface area contributed by atoms with Gasteiger partial charge in [0.05, 0.1) is 22.2 Å². The van der Waals surface area contributed by atoms with E-state index in [1.54, 1.807) is 4.57 Å². The van der Waals surface area contributed by atoms with E-state index in [0.717, 1.165) is 60.7 Å². The lowest BCUT2D eigenvalue weighted by molar-refractivity contribution is 0.0878. The molecule has 1 saturated heterocycles. The van der Waals surface area contributed by atoms with Crippen LogP contribution in [0.5, 0.6) is 5.75 Å². The van der Waals surface area contributed by atoms with Crippen LogP contribution >= 0.6 is 11.5 Å². The van der Waals surface area contributed by atoms with Crippen LogP contribution in [0.4, 0.5) is 0 Å². The lowest BCUT2D eigenvalue weighted by Gasteiger charge is -2.20. The molecule has 0 N–H and O–H groups in total. The number of likely N-dealkylation sites (tertiary alicyclic amines) is 1. The van der Waals surface area contributed by atoms with E-state index in [2.05, 4.69) is 43.6 Å². The molecular formula is C32H42N4O4SSi. The maximum atomic E-state index is 14.3. The van der Waals surface area contributed by atoms with E-state index in [1.165, 1.54) is 24.4 Å². The Kier molecular flexibility index (Phi) is 8.41. The number of nitrogens with zero attached hydrogens (tertiary/aromatic N) is 4. The van der Waals surface area contributed by atoms with Gasteiger partial charge in [0.15, 0.2) is 0 Å². The Balaban J connectivity index is 1.55. The molecule has 4 bridgehead atoms. The van der Waals surface area contributed by atoms with Gasteiger partial charge < -0.3 is 9.47 Å². The molecule has 6 rings (SSSR count). The zero-order chi connectivity index (χ0) is 29.4. The van der Waals surface area contributed by atoms with Gasteiger partial charge in [0, 0.05) is 32.8 Å². The highest BCUT2D eigenvalue weighted by atomic mass is 32.1. The van der Waals surface area contributed by atoms with E-state index in [9.17, 15) is 9.59 Å². The van der Waals surface area contributed by atoms with Gasteiger partial charge in [-0.25, -0.2) is 4.98 Å². The van der Waals surface area contributed by atoms with Crippen LogP contribution in [0.3, 0.4) is 0 Å². The quantitative estimate of drug-likeness (QED) is 0.177. The Morgan fingerprint density at radius 3 is 2.67 bits per heavy atom. The fraction of sp³-hybridized carbons (Fsp3) is 0.531. The van der Waals surface area contributed by atoms with Gasteiger partial charge in [-0.3, -0.25) is 23.0 Å². The Morgan fingerprint density at radius 1 is 1.07 bits per heavy atom. The van der Waals surface area contributed by atoms with Gasteiger partial charge in [-0.2, -0.15) is 0 Å². The van der Waals surface area contributed by atoms with Crippen LogP contribution in [0, 0.1) is 0 Å². The van der Waals surface area contributed by atoms with E-state index in [4.69, 9.17) is 14.5 Å². The number of aromatic nitrogens is 3. The predicted molar refractivity (Wildman–Crippen MR) is 174 cm³/mol. The summed E-state index contributed by atoms with van der Waals surface area (Å²) in [6.07, 6.45) is 5.15. The molecule has 2 aromatic heterocycles. The standard InChI is InChI=1S/C32H42N4O4SSi/c1-22-10-5-8-15-40-27-19-23(20-34-13-6-7-14-34)18-26-29(27)33-28(32(38)35(26)21-39-16-17-42(2,3)4)24-11-9-12-25-30(24)41-36(22)31(25)37/h9,11-12,18-19,22H,5-8,10,13-17,20-21H2,1-4H3. The first-order valence-electron chi connectivity index (χ1n) is 15.3. The van der Waals surface area contributed by atoms with Crippen molar-refractivity contribution in [2.45, 2.75) is 84.0 Å². The van der Waals surface area contributed by atoms with Gasteiger partial charge in [-0.15, -0.1) is 0 Å². The minimum absolute atomic E-state index is 0.00138. The van der Waals surface area contributed by atoms with Gasteiger partial charge >= 0.3 is 0 Å². The summed E-state index contributed by atoms with van der Waals surface area (Å²) >= 11 is 1.44. The summed E-state index contributed by atoms with van der Waals surface area (Å²) in [5, 5.41) is 0.635. The molecule has 224 valence electrons. The normalized spacial score (nSPS) is 18.2. The van der Waals surface area contributed by atoms with Crippen LogP contribution in [-0.4, -0.2) is 52.8 Å². The van der Waals surface area contributed by atoms with Crippen molar-refractivity contribution in [1.29, 1.82) is 0 Å². The van der Waals surface area contributed by atoms with Crippen LogP contribution in [0.25, 0.3) is 32.4 Å². The minimum atomic E-state index is -1.30. The fourth-order valence-corrected chi connectivity index (χ4v) is 7.92. The van der Waals surface area contributed by atoms with Crippen LogP contribution in [0.1, 0.15) is 50.6 Å². The van der Waals surface area contributed by atoms with E-state index >= 15 is 0 Å². The third-order valence-electron chi connectivity index (χ3n) is 8.46. The van der Waals surface area contributed by atoms with Gasteiger partial charge in [-0.05, 0) is 81.9 Å². The van der Waals surface area contributed by atoms with Crippen molar-refractivity contribution in [2.75, 3.05) is 26.3 Å². The average molecular weight is 607 g/mol. The summed E-state index contributed by atoms with van der Waals surface area (Å²) in [7, 11) is -1.30. The maximum absolute atomic E-state index is 14.3. The SMILES string of the molecule is CC1CCCCOc2cc(CN3CCCC3)cc3c2nc(c(=O)n3COCC[Si](C)(C)C)-c2cccc3c(=O)n1sc23. The molecule has 1 atom stereocenters. The van der Waals surface area contributed by atoms with Gasteiger partial charge in [0.2, 0.25) is 0 Å². The lowest BCUT2D eigenvalue weighted by Crippen LogP contribution is -2.27. The first-order chi connectivity index (χ1) is 20.2. The molecular weight excluding hydrogens is 565 g/mol. The van der Waals surface area contributed by atoms with Gasteiger partial charge in [0.25, 0.3) is 11.1 Å². The van der Waals surface area contributed by atoms with E-state index < -0.39 is 8.07 Å². The van der Waals surface area contributed by atoms with Gasteiger partial charge in [-0.1, -0.05) is 43.3 Å². The lowest BCUT2D eigenvalue weighted by atomic mass is 10.1. The second-order valence-electron chi connectivity index (χ2n) is 13.1. The molecule has 2 aromatic carbocycles. The Labute approximate surface area is 252 Å². The molecule has 0 aliphatic carbocycles. The summed E-state index contributed by atoms with van der Waals surface area (Å²) in [4.78, 5) is 35.2. The summed E-state index contributed by atoms with van der Waals surface area (Å²) in [5.41, 5.74) is 3.33. The summed E-state index contributed by atoms with van der Waals surface area (Å²) < 4.78 is 17.0. The molecule has 4 heterocycles. The van der Waals surface area contributed by atoms with Crippen LogP contribution in [-0.2, 0) is 18.0 Å². The smallest absolute Gasteiger partial charge is 0.279 e. The molecule has 1 unspecified atom stereocenters. The third kappa shape index (κ3) is 5.99. The van der Waals surface area contributed by atoms with Crippen molar-refractivity contribution in [2.24, 2.45) is 0 Å². The van der Waals surface area contributed by atoms with E-state index in [1.807, 2.05) is 22.2 Å². The number of benzene rings is 2. The molecule has 4 aromatic rings. The second-order valence-corrected chi connectivity index (χ2v) is 19.7. The van der Waals surface area contributed by atoms with E-state index in [-0.39, 0.29) is 23.9 Å². The van der Waals surface area contributed by atoms with Gasteiger partial charge in [0.1, 0.15) is 23.7 Å². The van der Waals surface area contributed by atoms with Crippen LogP contribution < -0.4 is 15.9 Å². The Hall–Kier alpha value is -2.79. The molecule has 8 nitrogen and oxygen atoms in total. The Bertz CT molecular complexity index is 1710. The minimum Gasteiger partial charge on any atom is -0.491 e. The zero-order valence-electron chi connectivity index (χ0n) is 25.3. The molecule has 2 aliphatic heterocycles. The van der Waals surface area contributed by atoms with Crippen molar-refractivity contribution < 1.29 is 9.47 Å². The highest BCUT2D eigenvalue weighted by Crippen LogP contribution is 2.34. The average Bonchev–Trinajstić information content (AvgIpc) is 3.58. The highest BCUT2D eigenvalue weighted by Gasteiger charge is 2.23. The Morgan fingerprint density at radius 2 is 1.88 bits per heavy atom. The fourth-order valence-electron chi connectivity index (χ4n) is 5.98. The number of fused-ring (bicyclic) bond motifs is 3. The predicted octanol–water partition coefficient (Wildman–Crippen LogP) is 6.47.